The molecule has 1 aromatic heterocycles. The molecule has 18 heavy (non-hydrogen) atoms. The molecule has 0 radical (unpaired) electrons. The fraction of sp³-hybridized carbons (Fsp3) is 0.750. The van der Waals surface area contributed by atoms with Crippen LogP contribution in [0.2, 0.25) is 0 Å². The molecule has 0 aliphatic heterocycles. The zero-order valence-corrected chi connectivity index (χ0v) is 13.3. The summed E-state index contributed by atoms with van der Waals surface area (Å²) in [6, 6.07) is 5.11. The maximum atomic E-state index is 3.64. The van der Waals surface area contributed by atoms with Crippen molar-refractivity contribution in [3.63, 3.8) is 0 Å². The molecule has 1 heterocycles. The molecule has 1 nitrogen and oxygen atoms in total. The molecule has 104 valence electrons. The second-order valence-electron chi connectivity index (χ2n) is 6.33. The molecule has 0 aliphatic carbocycles. The van der Waals surface area contributed by atoms with Crippen molar-refractivity contribution in [1.29, 1.82) is 0 Å². The molecule has 0 saturated heterocycles. The third-order valence-electron chi connectivity index (χ3n) is 3.29. The van der Waals surface area contributed by atoms with Gasteiger partial charge < -0.3 is 5.32 Å². The van der Waals surface area contributed by atoms with Gasteiger partial charge >= 0.3 is 0 Å². The van der Waals surface area contributed by atoms with Crippen molar-refractivity contribution < 1.29 is 0 Å². The first kappa shape index (κ1) is 15.7. The van der Waals surface area contributed by atoms with E-state index in [-0.39, 0.29) is 0 Å². The van der Waals surface area contributed by atoms with Gasteiger partial charge in [0.05, 0.1) is 0 Å². The lowest BCUT2D eigenvalue weighted by molar-refractivity contribution is 0.322. The topological polar surface area (TPSA) is 12.0 Å². The van der Waals surface area contributed by atoms with E-state index in [1.807, 2.05) is 11.3 Å². The summed E-state index contributed by atoms with van der Waals surface area (Å²) in [4.78, 5) is 1.53. The van der Waals surface area contributed by atoms with Crippen LogP contribution in [0.3, 0.4) is 0 Å². The van der Waals surface area contributed by atoms with Gasteiger partial charge in [0.25, 0.3) is 0 Å². The van der Waals surface area contributed by atoms with Gasteiger partial charge in [-0.15, -0.1) is 11.3 Å². The van der Waals surface area contributed by atoms with Gasteiger partial charge in [-0.2, -0.15) is 0 Å². The molecule has 2 heteroatoms. The Bertz CT molecular complexity index is 297. The Kier molecular flexibility index (Phi) is 6.95. The standard InChI is InChI=1S/C16H29NS/c1-5-17-14(11-12-16(2,3)4)8-6-9-15-10-7-13-18-15/h7,10,13-14,17H,5-6,8-9,11-12H2,1-4H3. The van der Waals surface area contributed by atoms with Crippen molar-refractivity contribution in [3.8, 4) is 0 Å². The Morgan fingerprint density at radius 1 is 1.28 bits per heavy atom. The highest BCUT2D eigenvalue weighted by atomic mass is 32.1. The smallest absolute Gasteiger partial charge is 0.00672 e. The maximum Gasteiger partial charge on any atom is 0.00672 e. The lowest BCUT2D eigenvalue weighted by atomic mass is 9.87. The molecule has 0 fully saturated rings. The van der Waals surface area contributed by atoms with Crippen molar-refractivity contribution in [2.75, 3.05) is 6.54 Å². The number of nitrogens with one attached hydrogen (secondary N) is 1. The Balaban J connectivity index is 2.24. The van der Waals surface area contributed by atoms with Crippen LogP contribution >= 0.6 is 11.3 Å². The van der Waals surface area contributed by atoms with E-state index in [0.717, 1.165) is 6.54 Å². The van der Waals surface area contributed by atoms with E-state index in [9.17, 15) is 0 Å². The minimum atomic E-state index is 0.460. The Hall–Kier alpha value is -0.340. The molecule has 0 bridgehead atoms. The van der Waals surface area contributed by atoms with Crippen LogP contribution in [0.4, 0.5) is 0 Å². The number of thiophene rings is 1. The Labute approximate surface area is 117 Å². The number of aryl methyl sites for hydroxylation is 1. The summed E-state index contributed by atoms with van der Waals surface area (Å²) in [6.45, 7) is 10.3. The maximum absolute atomic E-state index is 3.64. The molecule has 0 aliphatic rings. The zero-order valence-electron chi connectivity index (χ0n) is 12.5. The van der Waals surface area contributed by atoms with Gasteiger partial charge in [-0.3, -0.25) is 0 Å². The van der Waals surface area contributed by atoms with Crippen molar-refractivity contribution >= 4 is 11.3 Å². The first-order valence-electron chi connectivity index (χ1n) is 7.27. The third-order valence-corrected chi connectivity index (χ3v) is 4.23. The molecule has 0 saturated carbocycles. The van der Waals surface area contributed by atoms with Crippen LogP contribution in [0.25, 0.3) is 0 Å². The summed E-state index contributed by atoms with van der Waals surface area (Å²) in [5, 5.41) is 5.82. The quantitative estimate of drug-likeness (QED) is 0.708. The summed E-state index contributed by atoms with van der Waals surface area (Å²) in [5.74, 6) is 0. The van der Waals surface area contributed by atoms with Crippen LogP contribution in [0.1, 0.15) is 58.3 Å². The predicted octanol–water partition coefficient (Wildman–Crippen LogP) is 4.88. The van der Waals surface area contributed by atoms with Gasteiger partial charge in [0.2, 0.25) is 0 Å². The van der Waals surface area contributed by atoms with Crippen LogP contribution in [-0.4, -0.2) is 12.6 Å². The Morgan fingerprint density at radius 3 is 2.61 bits per heavy atom. The molecule has 1 unspecified atom stereocenters. The van der Waals surface area contributed by atoms with Gasteiger partial charge in [0, 0.05) is 10.9 Å². The van der Waals surface area contributed by atoms with Crippen LogP contribution in [0.15, 0.2) is 17.5 Å². The molecule has 1 aromatic rings. The summed E-state index contributed by atoms with van der Waals surface area (Å²) in [6.07, 6.45) is 6.48. The van der Waals surface area contributed by atoms with Crippen molar-refractivity contribution in [1.82, 2.24) is 5.32 Å². The molecular weight excluding hydrogens is 238 g/mol. The summed E-state index contributed by atoms with van der Waals surface area (Å²) >= 11 is 1.89. The highest BCUT2D eigenvalue weighted by Crippen LogP contribution is 2.23. The lowest BCUT2D eigenvalue weighted by Gasteiger charge is -2.23. The first-order valence-corrected chi connectivity index (χ1v) is 8.15. The van der Waals surface area contributed by atoms with Gasteiger partial charge in [-0.05, 0) is 55.5 Å². The Morgan fingerprint density at radius 2 is 2.06 bits per heavy atom. The average molecular weight is 267 g/mol. The summed E-state index contributed by atoms with van der Waals surface area (Å²) in [7, 11) is 0. The number of hydrogen-bond acceptors (Lipinski definition) is 2. The van der Waals surface area contributed by atoms with E-state index < -0.39 is 0 Å². The van der Waals surface area contributed by atoms with E-state index in [0.29, 0.717) is 11.5 Å². The lowest BCUT2D eigenvalue weighted by Crippen LogP contribution is -2.30. The molecular formula is C16H29NS. The fourth-order valence-electron chi connectivity index (χ4n) is 2.22. The van der Waals surface area contributed by atoms with Crippen molar-refractivity contribution in [2.45, 2.75) is 65.8 Å². The van der Waals surface area contributed by atoms with Crippen LogP contribution in [0.5, 0.6) is 0 Å². The van der Waals surface area contributed by atoms with Gasteiger partial charge in [-0.25, -0.2) is 0 Å². The highest BCUT2D eigenvalue weighted by Gasteiger charge is 2.14. The van der Waals surface area contributed by atoms with Crippen LogP contribution < -0.4 is 5.32 Å². The molecule has 1 N–H and O–H groups in total. The SMILES string of the molecule is CCNC(CCCc1cccs1)CCC(C)(C)C. The first-order chi connectivity index (χ1) is 8.51. The summed E-state index contributed by atoms with van der Waals surface area (Å²) < 4.78 is 0. The van der Waals surface area contributed by atoms with E-state index in [1.165, 1.54) is 37.0 Å². The van der Waals surface area contributed by atoms with E-state index >= 15 is 0 Å². The summed E-state index contributed by atoms with van der Waals surface area (Å²) in [5.41, 5.74) is 0.460. The minimum absolute atomic E-state index is 0.460. The van der Waals surface area contributed by atoms with Gasteiger partial charge in [-0.1, -0.05) is 33.8 Å². The second-order valence-corrected chi connectivity index (χ2v) is 7.36. The monoisotopic (exact) mass is 267 g/mol. The van der Waals surface area contributed by atoms with Crippen LogP contribution in [0, 0.1) is 5.41 Å². The van der Waals surface area contributed by atoms with Gasteiger partial charge in [0.1, 0.15) is 0 Å². The van der Waals surface area contributed by atoms with Crippen LogP contribution in [-0.2, 0) is 6.42 Å². The largest absolute Gasteiger partial charge is 0.314 e. The molecule has 1 atom stereocenters. The van der Waals surface area contributed by atoms with E-state index in [4.69, 9.17) is 0 Å². The van der Waals surface area contributed by atoms with Crippen molar-refractivity contribution in [3.05, 3.63) is 22.4 Å². The second kappa shape index (κ2) is 7.96. The van der Waals surface area contributed by atoms with Gasteiger partial charge in [0.15, 0.2) is 0 Å². The predicted molar refractivity (Wildman–Crippen MR) is 83.4 cm³/mol. The third kappa shape index (κ3) is 7.17. The van der Waals surface area contributed by atoms with Crippen molar-refractivity contribution in [2.24, 2.45) is 5.41 Å². The average Bonchev–Trinajstić information content (AvgIpc) is 2.78. The number of rotatable bonds is 8. The van der Waals surface area contributed by atoms with E-state index in [1.54, 1.807) is 0 Å². The molecule has 0 aromatic carbocycles. The minimum Gasteiger partial charge on any atom is -0.314 e. The number of hydrogen-bond donors (Lipinski definition) is 1. The molecule has 0 spiro atoms. The molecule has 1 rings (SSSR count). The normalized spacial score (nSPS) is 13.8. The van der Waals surface area contributed by atoms with E-state index in [2.05, 4.69) is 50.5 Å². The highest BCUT2D eigenvalue weighted by molar-refractivity contribution is 7.09. The fourth-order valence-corrected chi connectivity index (χ4v) is 2.97. The molecule has 0 amide bonds. The zero-order chi connectivity index (χ0) is 13.4.